The first kappa shape index (κ1) is 16.4. The highest BCUT2D eigenvalue weighted by molar-refractivity contribution is 5.78. The van der Waals surface area contributed by atoms with Gasteiger partial charge < -0.3 is 9.80 Å². The molecule has 0 N–H and O–H groups in total. The maximum atomic E-state index is 12.5. The Labute approximate surface area is 139 Å². The third-order valence-corrected chi connectivity index (χ3v) is 5.22. The number of hydrogen-bond donors (Lipinski definition) is 0. The van der Waals surface area contributed by atoms with Gasteiger partial charge in [0.1, 0.15) is 0 Å². The van der Waals surface area contributed by atoms with Crippen molar-refractivity contribution in [1.29, 1.82) is 0 Å². The molecule has 23 heavy (non-hydrogen) atoms. The van der Waals surface area contributed by atoms with E-state index in [4.69, 9.17) is 0 Å². The number of carbonyl (C=O) groups is 1. The van der Waals surface area contributed by atoms with Gasteiger partial charge in [-0.15, -0.1) is 0 Å². The summed E-state index contributed by atoms with van der Waals surface area (Å²) in [6.07, 6.45) is 8.51. The van der Waals surface area contributed by atoms with E-state index in [1.807, 2.05) is 31.4 Å². The fourth-order valence-corrected chi connectivity index (χ4v) is 4.11. The molecule has 2 saturated heterocycles. The Balaban J connectivity index is 1.70. The van der Waals surface area contributed by atoms with Crippen LogP contribution < -0.4 is 0 Å². The lowest BCUT2D eigenvalue weighted by Crippen LogP contribution is -2.57. The van der Waals surface area contributed by atoms with Gasteiger partial charge in [-0.1, -0.05) is 0 Å². The minimum Gasteiger partial charge on any atom is -0.340 e. The van der Waals surface area contributed by atoms with Crippen LogP contribution in [0, 0.1) is 0 Å². The highest BCUT2D eigenvalue weighted by Gasteiger charge is 2.44. The first-order valence-corrected chi connectivity index (χ1v) is 8.66. The van der Waals surface area contributed by atoms with Crippen LogP contribution in [0.4, 0.5) is 0 Å². The summed E-state index contributed by atoms with van der Waals surface area (Å²) in [6.45, 7) is 4.43. The van der Waals surface area contributed by atoms with Crippen molar-refractivity contribution in [1.82, 2.24) is 19.7 Å². The Morgan fingerprint density at radius 2 is 1.91 bits per heavy atom. The van der Waals surface area contributed by atoms with Gasteiger partial charge in [-0.3, -0.25) is 14.7 Å². The van der Waals surface area contributed by atoms with E-state index in [0.29, 0.717) is 6.54 Å². The molecule has 2 aliphatic rings. The molecule has 1 aromatic heterocycles. The zero-order chi connectivity index (χ0) is 16.3. The van der Waals surface area contributed by atoms with E-state index in [1.165, 1.54) is 24.8 Å². The van der Waals surface area contributed by atoms with Crippen molar-refractivity contribution < 1.29 is 4.79 Å². The lowest BCUT2D eigenvalue weighted by molar-refractivity contribution is -0.135. The van der Waals surface area contributed by atoms with Crippen molar-refractivity contribution >= 4 is 5.91 Å². The Bertz CT molecular complexity index is 533. The van der Waals surface area contributed by atoms with Gasteiger partial charge in [-0.25, -0.2) is 0 Å². The van der Waals surface area contributed by atoms with Crippen LogP contribution in [0.1, 0.15) is 31.2 Å². The Hall–Kier alpha value is -1.46. The van der Waals surface area contributed by atoms with Crippen LogP contribution in [0.5, 0.6) is 0 Å². The molecule has 0 radical (unpaired) electrons. The predicted octanol–water partition coefficient (Wildman–Crippen LogP) is 1.60. The van der Waals surface area contributed by atoms with E-state index in [-0.39, 0.29) is 11.4 Å². The topological polar surface area (TPSA) is 39.7 Å². The molecule has 0 bridgehead atoms. The van der Waals surface area contributed by atoms with Crippen molar-refractivity contribution in [2.75, 3.05) is 40.3 Å². The van der Waals surface area contributed by atoms with Gasteiger partial charge in [0, 0.05) is 37.6 Å². The molecule has 3 rings (SSSR count). The van der Waals surface area contributed by atoms with Crippen LogP contribution in [0.2, 0.25) is 0 Å². The zero-order valence-corrected chi connectivity index (χ0v) is 14.4. The van der Waals surface area contributed by atoms with Gasteiger partial charge in [-0.05, 0) is 64.0 Å². The second kappa shape index (κ2) is 6.97. The number of pyridine rings is 1. The molecule has 3 heterocycles. The summed E-state index contributed by atoms with van der Waals surface area (Å²) in [5.41, 5.74) is 1.50. The molecule has 1 aromatic rings. The van der Waals surface area contributed by atoms with Crippen molar-refractivity contribution in [3.05, 3.63) is 30.1 Å². The lowest BCUT2D eigenvalue weighted by atomic mass is 9.86. The molecule has 1 spiro atoms. The highest BCUT2D eigenvalue weighted by Crippen LogP contribution is 2.38. The fraction of sp³-hybridized carbons (Fsp3) is 0.667. The van der Waals surface area contributed by atoms with Gasteiger partial charge >= 0.3 is 0 Å². The number of rotatable bonds is 4. The summed E-state index contributed by atoms with van der Waals surface area (Å²) in [7, 11) is 3.92. The molecule has 2 aliphatic heterocycles. The predicted molar refractivity (Wildman–Crippen MR) is 91.0 cm³/mol. The van der Waals surface area contributed by atoms with E-state index < -0.39 is 0 Å². The molecular formula is C18H28N4O. The normalized spacial score (nSPS) is 25.4. The molecule has 1 atom stereocenters. The Morgan fingerprint density at radius 3 is 2.61 bits per heavy atom. The van der Waals surface area contributed by atoms with Crippen LogP contribution in [0.25, 0.3) is 0 Å². The maximum Gasteiger partial charge on any atom is 0.236 e. The average Bonchev–Trinajstić information content (AvgIpc) is 2.89. The molecule has 5 nitrogen and oxygen atoms in total. The molecule has 0 unspecified atom stereocenters. The molecule has 2 fully saturated rings. The molecule has 126 valence electrons. The van der Waals surface area contributed by atoms with Crippen LogP contribution in [0.3, 0.4) is 0 Å². The quantitative estimate of drug-likeness (QED) is 0.846. The third kappa shape index (κ3) is 3.72. The van der Waals surface area contributed by atoms with Gasteiger partial charge in [-0.2, -0.15) is 0 Å². The Morgan fingerprint density at radius 1 is 1.22 bits per heavy atom. The zero-order valence-electron chi connectivity index (χ0n) is 14.4. The number of nitrogens with zero attached hydrogens (tertiary/aromatic N) is 4. The van der Waals surface area contributed by atoms with E-state index >= 15 is 0 Å². The number of hydrogen-bond acceptors (Lipinski definition) is 4. The number of piperidine rings is 1. The molecule has 0 aliphatic carbocycles. The largest absolute Gasteiger partial charge is 0.340 e. The molecule has 0 saturated carbocycles. The summed E-state index contributed by atoms with van der Waals surface area (Å²) in [5.74, 6) is 0.268. The minimum absolute atomic E-state index is 0.184. The monoisotopic (exact) mass is 316 g/mol. The number of likely N-dealkylation sites (N-methyl/N-ethyl adjacent to an activating group) is 1. The van der Waals surface area contributed by atoms with Gasteiger partial charge in [0.2, 0.25) is 5.91 Å². The number of amides is 1. The molecule has 1 amide bonds. The van der Waals surface area contributed by atoms with Crippen LogP contribution in [-0.2, 0) is 11.3 Å². The lowest BCUT2D eigenvalue weighted by Gasteiger charge is -2.46. The Kier molecular flexibility index (Phi) is 4.97. The number of likely N-dealkylation sites (tertiary alicyclic amines) is 2. The second-order valence-corrected chi connectivity index (χ2v) is 7.26. The highest BCUT2D eigenvalue weighted by atomic mass is 16.2. The maximum absolute atomic E-state index is 12.5. The standard InChI is InChI=1S/C18H28N4O/c1-20(2)14-17(23)21-11-3-7-18(15-21)8-4-12-22(18)13-16-5-9-19-10-6-16/h5-6,9-10H,3-4,7-8,11-15H2,1-2H3/t18-/m0/s1. The van der Waals surface area contributed by atoms with Gasteiger partial charge in [0.05, 0.1) is 6.54 Å². The summed E-state index contributed by atoms with van der Waals surface area (Å²) < 4.78 is 0. The van der Waals surface area contributed by atoms with Crippen LogP contribution in [-0.4, -0.2) is 71.4 Å². The van der Waals surface area contributed by atoms with E-state index in [0.717, 1.165) is 32.6 Å². The van der Waals surface area contributed by atoms with Crippen molar-refractivity contribution in [3.63, 3.8) is 0 Å². The third-order valence-electron chi connectivity index (χ3n) is 5.22. The summed E-state index contributed by atoms with van der Waals surface area (Å²) in [4.78, 5) is 23.2. The van der Waals surface area contributed by atoms with E-state index in [9.17, 15) is 4.79 Å². The SMILES string of the molecule is CN(C)CC(=O)N1CCC[C@]2(CCCN2Cc2ccncc2)C1. The van der Waals surface area contributed by atoms with Crippen molar-refractivity contribution in [2.45, 2.75) is 37.8 Å². The average molecular weight is 316 g/mol. The second-order valence-electron chi connectivity index (χ2n) is 7.26. The minimum atomic E-state index is 0.184. The summed E-state index contributed by atoms with van der Waals surface area (Å²) in [5, 5.41) is 0. The fourth-order valence-electron chi connectivity index (χ4n) is 4.11. The van der Waals surface area contributed by atoms with E-state index in [2.05, 4.69) is 26.9 Å². The first-order valence-electron chi connectivity index (χ1n) is 8.66. The number of carbonyl (C=O) groups excluding carboxylic acids is 1. The van der Waals surface area contributed by atoms with Gasteiger partial charge in [0.25, 0.3) is 0 Å². The summed E-state index contributed by atoms with van der Waals surface area (Å²) >= 11 is 0. The van der Waals surface area contributed by atoms with Crippen molar-refractivity contribution in [2.24, 2.45) is 0 Å². The van der Waals surface area contributed by atoms with E-state index in [1.54, 1.807) is 0 Å². The summed E-state index contributed by atoms with van der Waals surface area (Å²) in [6, 6.07) is 4.20. The smallest absolute Gasteiger partial charge is 0.236 e. The molecule has 5 heteroatoms. The van der Waals surface area contributed by atoms with Crippen molar-refractivity contribution in [3.8, 4) is 0 Å². The molecule has 0 aromatic carbocycles. The van der Waals surface area contributed by atoms with Gasteiger partial charge in [0.15, 0.2) is 0 Å². The first-order chi connectivity index (χ1) is 11.1. The molecular weight excluding hydrogens is 288 g/mol. The number of aromatic nitrogens is 1. The van der Waals surface area contributed by atoms with Crippen LogP contribution >= 0.6 is 0 Å². The van der Waals surface area contributed by atoms with Crippen LogP contribution in [0.15, 0.2) is 24.5 Å².